The Labute approximate surface area is 191 Å². The normalized spacial score (nSPS) is 15.7. The van der Waals surface area contributed by atoms with E-state index in [1.807, 2.05) is 30.3 Å². The largest absolute Gasteiger partial charge is 0.294 e. The Morgan fingerprint density at radius 1 is 1.16 bits per heavy atom. The minimum atomic E-state index is -0.417. The van der Waals surface area contributed by atoms with Crippen molar-refractivity contribution in [1.82, 2.24) is 19.6 Å². The zero-order valence-electron chi connectivity index (χ0n) is 16.6. The van der Waals surface area contributed by atoms with Gasteiger partial charge >= 0.3 is 0 Å². The van der Waals surface area contributed by atoms with Crippen molar-refractivity contribution in [2.45, 2.75) is 29.7 Å². The van der Waals surface area contributed by atoms with Gasteiger partial charge in [0, 0.05) is 35.5 Å². The van der Waals surface area contributed by atoms with Gasteiger partial charge in [-0.15, -0.1) is 5.10 Å². The minimum Gasteiger partial charge on any atom is -0.294 e. The Morgan fingerprint density at radius 2 is 1.97 bits per heavy atom. The molecule has 0 aliphatic heterocycles. The molecule has 2 aromatic carbocycles. The van der Waals surface area contributed by atoms with E-state index in [9.17, 15) is 14.9 Å². The molecule has 2 heterocycles. The third-order valence-corrected chi connectivity index (χ3v) is 6.55. The van der Waals surface area contributed by atoms with Gasteiger partial charge in [0.2, 0.25) is 5.16 Å². The first-order chi connectivity index (χ1) is 15.5. The van der Waals surface area contributed by atoms with E-state index >= 15 is 0 Å². The maximum absolute atomic E-state index is 12.8. The predicted molar refractivity (Wildman–Crippen MR) is 120 cm³/mol. The summed E-state index contributed by atoms with van der Waals surface area (Å²) in [6.45, 7) is 0. The average molecular weight is 466 g/mol. The lowest BCUT2D eigenvalue weighted by molar-refractivity contribution is -0.384. The highest BCUT2D eigenvalue weighted by Gasteiger charge is 2.28. The molecule has 4 aromatic rings. The van der Waals surface area contributed by atoms with E-state index in [0.29, 0.717) is 40.1 Å². The van der Waals surface area contributed by atoms with Crippen LogP contribution in [0.2, 0.25) is 5.02 Å². The fourth-order valence-corrected chi connectivity index (χ4v) is 4.70. The van der Waals surface area contributed by atoms with Crippen molar-refractivity contribution in [1.29, 1.82) is 0 Å². The lowest BCUT2D eigenvalue weighted by Crippen LogP contribution is -2.21. The van der Waals surface area contributed by atoms with E-state index in [-0.39, 0.29) is 17.4 Å². The zero-order chi connectivity index (χ0) is 22.2. The molecule has 160 valence electrons. The van der Waals surface area contributed by atoms with Crippen molar-refractivity contribution in [2.75, 3.05) is 0 Å². The van der Waals surface area contributed by atoms with Gasteiger partial charge in [-0.3, -0.25) is 14.9 Å². The quantitative estimate of drug-likeness (QED) is 0.235. The number of carbonyl (C=O) groups excluding carboxylic acids is 1. The van der Waals surface area contributed by atoms with E-state index in [1.165, 1.54) is 28.4 Å². The summed E-state index contributed by atoms with van der Waals surface area (Å²) < 4.78 is 1.52. The second kappa shape index (κ2) is 8.33. The molecule has 2 aromatic heterocycles. The number of thioether (sulfide) groups is 1. The van der Waals surface area contributed by atoms with Gasteiger partial charge in [-0.05, 0) is 35.6 Å². The Kier molecular flexibility index (Phi) is 5.36. The highest BCUT2D eigenvalue weighted by Crippen LogP contribution is 2.33. The standard InChI is InChI=1S/C22H16ClN5O3S/c23-16-6-4-14(5-7-16)15-9-19-18(20(29)10-15)11-27-21(24-19)25-22(26-27)32-12-13-2-1-3-17(8-13)28(30)31/h1-8,11,15H,9-10,12H2/t15-/m0/s1. The molecule has 0 amide bonds. The first-order valence-electron chi connectivity index (χ1n) is 9.87. The number of aromatic nitrogens is 4. The van der Waals surface area contributed by atoms with E-state index < -0.39 is 4.92 Å². The fourth-order valence-electron chi connectivity index (χ4n) is 3.80. The van der Waals surface area contributed by atoms with E-state index in [0.717, 1.165) is 16.8 Å². The number of benzene rings is 2. The molecule has 0 bridgehead atoms. The van der Waals surface area contributed by atoms with Crippen LogP contribution in [-0.2, 0) is 12.2 Å². The van der Waals surface area contributed by atoms with Crippen molar-refractivity contribution in [3.8, 4) is 0 Å². The molecule has 1 aliphatic rings. The molecule has 0 unspecified atom stereocenters. The van der Waals surface area contributed by atoms with Crippen LogP contribution in [0.4, 0.5) is 5.69 Å². The summed E-state index contributed by atoms with van der Waals surface area (Å²) in [4.78, 5) is 32.4. The van der Waals surface area contributed by atoms with E-state index in [4.69, 9.17) is 11.6 Å². The van der Waals surface area contributed by atoms with Gasteiger partial charge in [0.15, 0.2) is 5.78 Å². The Hall–Kier alpha value is -3.30. The smallest absolute Gasteiger partial charge is 0.269 e. The molecule has 0 radical (unpaired) electrons. The molecule has 10 heteroatoms. The molecule has 5 rings (SSSR count). The summed E-state index contributed by atoms with van der Waals surface area (Å²) in [5, 5.41) is 16.5. The van der Waals surface area contributed by atoms with Crippen molar-refractivity contribution < 1.29 is 9.72 Å². The first kappa shape index (κ1) is 20.6. The van der Waals surface area contributed by atoms with Crippen LogP contribution in [0.25, 0.3) is 5.78 Å². The molecule has 0 fully saturated rings. The SMILES string of the molecule is O=C1C[C@@H](c2ccc(Cl)cc2)Cc2nc3nc(SCc4cccc([N+](=O)[O-])c4)nn3cc21. The summed E-state index contributed by atoms with van der Waals surface area (Å²) in [5.74, 6) is 0.986. The Bertz CT molecular complexity index is 1360. The van der Waals surface area contributed by atoms with Crippen molar-refractivity contribution in [3.05, 3.63) is 92.2 Å². The molecular weight excluding hydrogens is 450 g/mol. The van der Waals surface area contributed by atoms with Crippen molar-refractivity contribution >= 4 is 40.6 Å². The van der Waals surface area contributed by atoms with Crippen LogP contribution in [0.15, 0.2) is 59.9 Å². The predicted octanol–water partition coefficient (Wildman–Crippen LogP) is 4.89. The van der Waals surface area contributed by atoms with Crippen molar-refractivity contribution in [3.63, 3.8) is 0 Å². The lowest BCUT2D eigenvalue weighted by atomic mass is 9.82. The Balaban J connectivity index is 1.38. The maximum atomic E-state index is 12.8. The molecular formula is C22H16ClN5O3S. The fraction of sp³-hybridized carbons (Fsp3) is 0.182. The monoisotopic (exact) mass is 465 g/mol. The number of halogens is 1. The molecule has 32 heavy (non-hydrogen) atoms. The number of nitro benzene ring substituents is 1. The van der Waals surface area contributed by atoms with E-state index in [1.54, 1.807) is 12.3 Å². The lowest BCUT2D eigenvalue weighted by Gasteiger charge is -2.23. The molecule has 0 spiro atoms. The topological polar surface area (TPSA) is 103 Å². The number of carbonyl (C=O) groups is 1. The summed E-state index contributed by atoms with van der Waals surface area (Å²) in [6, 6.07) is 14.0. The van der Waals surface area contributed by atoms with Gasteiger partial charge in [0.1, 0.15) is 0 Å². The summed E-state index contributed by atoms with van der Waals surface area (Å²) in [7, 11) is 0. The number of fused-ring (bicyclic) bond motifs is 2. The van der Waals surface area contributed by atoms with Crippen molar-refractivity contribution in [2.24, 2.45) is 0 Å². The maximum Gasteiger partial charge on any atom is 0.269 e. The number of nitro groups is 1. The van der Waals surface area contributed by atoms with Gasteiger partial charge in [-0.2, -0.15) is 4.98 Å². The molecule has 0 saturated heterocycles. The second-order valence-electron chi connectivity index (χ2n) is 7.54. The highest BCUT2D eigenvalue weighted by molar-refractivity contribution is 7.98. The molecule has 8 nitrogen and oxygen atoms in total. The van der Waals surface area contributed by atoms with Crippen LogP contribution in [-0.4, -0.2) is 30.3 Å². The van der Waals surface area contributed by atoms with Crippen LogP contribution >= 0.6 is 23.4 Å². The van der Waals surface area contributed by atoms with Crippen LogP contribution in [0, 0.1) is 10.1 Å². The summed E-state index contributed by atoms with van der Waals surface area (Å²) >= 11 is 7.34. The summed E-state index contributed by atoms with van der Waals surface area (Å²) in [6.07, 6.45) is 2.75. The van der Waals surface area contributed by atoms with Crippen LogP contribution in [0.1, 0.15) is 39.5 Å². The average Bonchev–Trinajstić information content (AvgIpc) is 3.19. The van der Waals surface area contributed by atoms with E-state index in [2.05, 4.69) is 15.1 Å². The number of hydrogen-bond donors (Lipinski definition) is 0. The van der Waals surface area contributed by atoms with Gasteiger partial charge in [-0.25, -0.2) is 9.50 Å². The van der Waals surface area contributed by atoms with Gasteiger partial charge in [0.25, 0.3) is 11.5 Å². The third-order valence-electron chi connectivity index (χ3n) is 5.39. The first-order valence-corrected chi connectivity index (χ1v) is 11.2. The van der Waals surface area contributed by atoms with Crippen LogP contribution in [0.5, 0.6) is 0 Å². The molecule has 0 N–H and O–H groups in total. The number of non-ortho nitro benzene ring substituents is 1. The number of ketones is 1. The van der Waals surface area contributed by atoms with Crippen LogP contribution in [0.3, 0.4) is 0 Å². The van der Waals surface area contributed by atoms with Gasteiger partial charge in [0.05, 0.1) is 16.2 Å². The molecule has 1 aliphatic carbocycles. The molecule has 0 saturated carbocycles. The number of nitrogens with zero attached hydrogens (tertiary/aromatic N) is 5. The number of rotatable bonds is 5. The second-order valence-corrected chi connectivity index (χ2v) is 8.91. The number of Topliss-reactive ketones (excluding diaryl/α,β-unsaturated/α-hetero) is 1. The molecule has 1 atom stereocenters. The minimum absolute atomic E-state index is 0.0295. The van der Waals surface area contributed by atoms with Gasteiger partial charge < -0.3 is 0 Å². The summed E-state index contributed by atoms with van der Waals surface area (Å²) in [5.41, 5.74) is 3.20. The Morgan fingerprint density at radius 3 is 2.75 bits per heavy atom. The highest BCUT2D eigenvalue weighted by atomic mass is 35.5. The number of hydrogen-bond acceptors (Lipinski definition) is 7. The van der Waals surface area contributed by atoms with Crippen LogP contribution < -0.4 is 0 Å². The van der Waals surface area contributed by atoms with Gasteiger partial charge in [-0.1, -0.05) is 47.6 Å². The third kappa shape index (κ3) is 4.09. The zero-order valence-corrected chi connectivity index (χ0v) is 18.2.